The molecular formula is C26H18Cl4N2O. The lowest BCUT2D eigenvalue weighted by molar-refractivity contribution is 0.0946. The lowest BCUT2D eigenvalue weighted by atomic mass is 9.98. The molecule has 1 amide bonds. The maximum absolute atomic E-state index is 12.9. The molecule has 3 nitrogen and oxygen atoms in total. The number of aromatic nitrogens is 1. The van der Waals surface area contributed by atoms with Gasteiger partial charge in [-0.3, -0.25) is 4.79 Å². The van der Waals surface area contributed by atoms with Gasteiger partial charge in [-0.2, -0.15) is 0 Å². The van der Waals surface area contributed by atoms with Gasteiger partial charge in [-0.05, 0) is 72.1 Å². The van der Waals surface area contributed by atoms with E-state index in [0.717, 1.165) is 22.3 Å². The molecule has 4 rings (SSSR count). The summed E-state index contributed by atoms with van der Waals surface area (Å²) in [7, 11) is 0. The van der Waals surface area contributed by atoms with Crippen LogP contribution in [0.4, 0.5) is 0 Å². The lowest BCUT2D eigenvalue weighted by Gasteiger charge is -2.13. The fraction of sp³-hybridized carbons (Fsp3) is 0.0769. The first-order valence-electron chi connectivity index (χ1n) is 10.1. The fourth-order valence-corrected chi connectivity index (χ4v) is 4.18. The molecule has 0 saturated heterocycles. The van der Waals surface area contributed by atoms with Gasteiger partial charge in [-0.25, -0.2) is 4.98 Å². The van der Waals surface area contributed by atoms with Gasteiger partial charge in [-0.15, -0.1) is 0 Å². The van der Waals surface area contributed by atoms with E-state index in [2.05, 4.69) is 10.3 Å². The normalized spacial score (nSPS) is 10.8. The molecule has 0 fully saturated rings. The number of rotatable bonds is 5. The van der Waals surface area contributed by atoms with Gasteiger partial charge < -0.3 is 5.32 Å². The van der Waals surface area contributed by atoms with Crippen molar-refractivity contribution in [1.82, 2.24) is 10.3 Å². The van der Waals surface area contributed by atoms with Crippen LogP contribution in [-0.4, -0.2) is 10.9 Å². The van der Waals surface area contributed by atoms with Gasteiger partial charge in [0, 0.05) is 32.7 Å². The summed E-state index contributed by atoms with van der Waals surface area (Å²) in [4.78, 5) is 17.6. The summed E-state index contributed by atoms with van der Waals surface area (Å²) in [6, 6.07) is 21.8. The molecule has 0 aliphatic heterocycles. The number of carbonyl (C=O) groups is 1. The SMILES string of the molecule is Cc1ccc(CNC(=O)c2ccc(-c3ccc(Cl)cc3)c(-c3ccc(Cl)cc3Cl)n2)cc1Cl. The van der Waals surface area contributed by atoms with E-state index in [1.165, 1.54) is 0 Å². The highest BCUT2D eigenvalue weighted by molar-refractivity contribution is 6.36. The van der Waals surface area contributed by atoms with Crippen LogP contribution >= 0.6 is 46.4 Å². The highest BCUT2D eigenvalue weighted by Crippen LogP contribution is 2.36. The summed E-state index contributed by atoms with van der Waals surface area (Å²) < 4.78 is 0. The maximum atomic E-state index is 12.9. The van der Waals surface area contributed by atoms with Crippen molar-refractivity contribution >= 4 is 52.3 Å². The van der Waals surface area contributed by atoms with Crippen LogP contribution in [0, 0.1) is 6.92 Å². The summed E-state index contributed by atoms with van der Waals surface area (Å²) >= 11 is 24.8. The van der Waals surface area contributed by atoms with E-state index >= 15 is 0 Å². The van der Waals surface area contributed by atoms with Crippen molar-refractivity contribution in [2.45, 2.75) is 13.5 Å². The van der Waals surface area contributed by atoms with Crippen LogP contribution in [-0.2, 0) is 6.54 Å². The number of amides is 1. The minimum Gasteiger partial charge on any atom is -0.347 e. The molecule has 0 aliphatic carbocycles. The molecule has 0 spiro atoms. The van der Waals surface area contributed by atoms with Crippen LogP contribution in [0.15, 0.2) is 72.8 Å². The van der Waals surface area contributed by atoms with Gasteiger partial charge >= 0.3 is 0 Å². The highest BCUT2D eigenvalue weighted by atomic mass is 35.5. The molecule has 1 aromatic heterocycles. The predicted octanol–water partition coefficient (Wildman–Crippen LogP) is 8.27. The number of hydrogen-bond donors (Lipinski definition) is 1. The number of pyridine rings is 1. The van der Waals surface area contributed by atoms with Crippen LogP contribution < -0.4 is 5.32 Å². The Morgan fingerprint density at radius 3 is 2.18 bits per heavy atom. The Balaban J connectivity index is 1.70. The van der Waals surface area contributed by atoms with Crippen molar-refractivity contribution in [3.63, 3.8) is 0 Å². The second-order valence-electron chi connectivity index (χ2n) is 7.49. The lowest BCUT2D eigenvalue weighted by Crippen LogP contribution is -2.24. The summed E-state index contributed by atoms with van der Waals surface area (Å²) in [5, 5.41) is 5.15. The monoisotopic (exact) mass is 514 g/mol. The van der Waals surface area contributed by atoms with Crippen LogP contribution in [0.1, 0.15) is 21.6 Å². The quantitative estimate of drug-likeness (QED) is 0.290. The Bertz CT molecular complexity index is 1340. The first-order chi connectivity index (χ1) is 15.8. The van der Waals surface area contributed by atoms with E-state index in [9.17, 15) is 4.79 Å². The van der Waals surface area contributed by atoms with Crippen LogP contribution in [0.2, 0.25) is 20.1 Å². The van der Waals surface area contributed by atoms with Crippen LogP contribution in [0.5, 0.6) is 0 Å². The molecule has 7 heteroatoms. The Hall–Kier alpha value is -2.56. The molecule has 0 atom stereocenters. The molecule has 166 valence electrons. The minimum atomic E-state index is -0.305. The van der Waals surface area contributed by atoms with Gasteiger partial charge in [0.15, 0.2) is 0 Å². The molecule has 0 aliphatic rings. The van der Waals surface area contributed by atoms with Crippen molar-refractivity contribution in [1.29, 1.82) is 0 Å². The zero-order valence-corrected chi connectivity index (χ0v) is 20.5. The third-order valence-electron chi connectivity index (χ3n) is 5.16. The van der Waals surface area contributed by atoms with Crippen molar-refractivity contribution in [3.8, 4) is 22.4 Å². The van der Waals surface area contributed by atoms with Crippen molar-refractivity contribution in [3.05, 3.63) is 110 Å². The molecule has 0 radical (unpaired) electrons. The van der Waals surface area contributed by atoms with E-state index < -0.39 is 0 Å². The molecular weight excluding hydrogens is 498 g/mol. The number of nitrogens with one attached hydrogen (secondary N) is 1. The summed E-state index contributed by atoms with van der Waals surface area (Å²) in [5.41, 5.74) is 5.11. The van der Waals surface area contributed by atoms with Gasteiger partial charge in [0.2, 0.25) is 0 Å². The number of benzene rings is 3. The van der Waals surface area contributed by atoms with E-state index in [1.807, 2.05) is 43.3 Å². The fourth-order valence-electron chi connectivity index (χ4n) is 3.35. The third kappa shape index (κ3) is 5.51. The molecule has 1 N–H and O–H groups in total. The average Bonchev–Trinajstić information content (AvgIpc) is 2.80. The Morgan fingerprint density at radius 1 is 0.788 bits per heavy atom. The summed E-state index contributed by atoms with van der Waals surface area (Å²) in [6.07, 6.45) is 0. The molecule has 0 saturated carbocycles. The number of halogens is 4. The zero-order chi connectivity index (χ0) is 23.5. The average molecular weight is 516 g/mol. The van der Waals surface area contributed by atoms with Crippen molar-refractivity contribution < 1.29 is 4.79 Å². The third-order valence-corrected chi connectivity index (χ3v) is 6.37. The van der Waals surface area contributed by atoms with Crippen LogP contribution in [0.25, 0.3) is 22.4 Å². The Kier molecular flexibility index (Phi) is 7.26. The molecule has 1 heterocycles. The van der Waals surface area contributed by atoms with E-state index in [-0.39, 0.29) is 11.6 Å². The van der Waals surface area contributed by atoms with Gasteiger partial charge in [0.05, 0.1) is 10.7 Å². The topological polar surface area (TPSA) is 42.0 Å². The number of aryl methyl sites for hydroxylation is 1. The summed E-state index contributed by atoms with van der Waals surface area (Å²) in [6.45, 7) is 2.26. The van der Waals surface area contributed by atoms with Gasteiger partial charge in [0.1, 0.15) is 5.69 Å². The van der Waals surface area contributed by atoms with Crippen LogP contribution in [0.3, 0.4) is 0 Å². The van der Waals surface area contributed by atoms with E-state index in [1.54, 1.807) is 36.4 Å². The molecule has 4 aromatic rings. The zero-order valence-electron chi connectivity index (χ0n) is 17.5. The molecule has 3 aromatic carbocycles. The first kappa shape index (κ1) is 23.6. The summed E-state index contributed by atoms with van der Waals surface area (Å²) in [5.74, 6) is -0.305. The number of nitrogens with zero attached hydrogens (tertiary/aromatic N) is 1. The van der Waals surface area contributed by atoms with E-state index in [0.29, 0.717) is 37.9 Å². The second kappa shape index (κ2) is 10.1. The molecule has 0 bridgehead atoms. The smallest absolute Gasteiger partial charge is 0.270 e. The van der Waals surface area contributed by atoms with Crippen molar-refractivity contribution in [2.75, 3.05) is 0 Å². The molecule has 33 heavy (non-hydrogen) atoms. The Morgan fingerprint density at radius 2 is 1.48 bits per heavy atom. The standard InChI is InChI=1S/C26H18Cl4N2O/c1-15-2-3-16(12-22(15)29)14-31-26(33)24-11-10-20(17-4-6-18(27)7-5-17)25(32-24)21-9-8-19(28)13-23(21)30/h2-13H,14H2,1H3,(H,31,33). The number of carbonyl (C=O) groups excluding carboxylic acids is 1. The highest BCUT2D eigenvalue weighted by Gasteiger charge is 2.17. The van der Waals surface area contributed by atoms with Gasteiger partial charge in [0.25, 0.3) is 5.91 Å². The van der Waals surface area contributed by atoms with Crippen molar-refractivity contribution in [2.24, 2.45) is 0 Å². The largest absolute Gasteiger partial charge is 0.347 e. The van der Waals surface area contributed by atoms with E-state index in [4.69, 9.17) is 46.4 Å². The first-order valence-corrected chi connectivity index (χ1v) is 11.6. The number of hydrogen-bond acceptors (Lipinski definition) is 2. The maximum Gasteiger partial charge on any atom is 0.270 e. The molecule has 0 unspecified atom stereocenters. The Labute approximate surface area is 212 Å². The van der Waals surface area contributed by atoms with Gasteiger partial charge in [-0.1, -0.05) is 70.7 Å². The minimum absolute atomic E-state index is 0.270. The second-order valence-corrected chi connectivity index (χ2v) is 9.18. The predicted molar refractivity (Wildman–Crippen MR) is 137 cm³/mol.